The highest BCUT2D eigenvalue weighted by Gasteiger charge is 2.29. The largest absolute Gasteiger partial charge is 0.324 e. The molecule has 6 heteroatoms. The molecule has 0 atom stereocenters. The Morgan fingerprint density at radius 1 is 1.39 bits per heavy atom. The predicted molar refractivity (Wildman–Crippen MR) is 74.3 cm³/mol. The van der Waals surface area contributed by atoms with Gasteiger partial charge in [0.15, 0.2) is 5.82 Å². The van der Waals surface area contributed by atoms with E-state index in [1.54, 1.807) is 0 Å². The van der Waals surface area contributed by atoms with Crippen LogP contribution in [0.5, 0.6) is 0 Å². The van der Waals surface area contributed by atoms with Crippen molar-refractivity contribution in [3.8, 4) is 11.4 Å². The second kappa shape index (κ2) is 4.64. The van der Waals surface area contributed by atoms with Gasteiger partial charge in [-0.05, 0) is 47.0 Å². The molecule has 3 rings (SSSR count). The fraction of sp³-hybridized carbons (Fsp3) is 0.333. The first kappa shape index (κ1) is 12.1. The van der Waals surface area contributed by atoms with Crippen molar-refractivity contribution >= 4 is 27.5 Å². The third kappa shape index (κ3) is 2.06. The van der Waals surface area contributed by atoms with Crippen LogP contribution in [0.1, 0.15) is 24.7 Å². The lowest BCUT2D eigenvalue weighted by Gasteiger charge is -2.08. The van der Waals surface area contributed by atoms with E-state index >= 15 is 0 Å². The van der Waals surface area contributed by atoms with E-state index in [0.717, 1.165) is 21.7 Å². The molecule has 0 amide bonds. The van der Waals surface area contributed by atoms with Crippen LogP contribution in [0.4, 0.5) is 0 Å². The molecule has 0 radical (unpaired) electrons. The number of aromatic nitrogens is 3. The lowest BCUT2D eigenvalue weighted by atomic mass is 10.2. The Morgan fingerprint density at radius 3 is 2.78 bits per heavy atom. The van der Waals surface area contributed by atoms with Crippen molar-refractivity contribution in [2.75, 3.05) is 0 Å². The summed E-state index contributed by atoms with van der Waals surface area (Å²) in [6.45, 7) is 0.415. The van der Waals surface area contributed by atoms with Crippen molar-refractivity contribution in [1.82, 2.24) is 14.8 Å². The molecule has 94 valence electrons. The molecule has 4 nitrogen and oxygen atoms in total. The van der Waals surface area contributed by atoms with E-state index in [0.29, 0.717) is 17.6 Å². The summed E-state index contributed by atoms with van der Waals surface area (Å²) in [6, 6.07) is 6.28. The summed E-state index contributed by atoms with van der Waals surface area (Å²) in [6.07, 6.45) is 2.35. The molecule has 0 bridgehead atoms. The zero-order valence-corrected chi connectivity index (χ0v) is 11.9. The average molecular weight is 328 g/mol. The predicted octanol–water partition coefficient (Wildman–Crippen LogP) is 3.15. The first-order valence-electron chi connectivity index (χ1n) is 5.80. The van der Waals surface area contributed by atoms with E-state index in [1.807, 2.05) is 18.2 Å². The highest BCUT2D eigenvalue weighted by Crippen LogP contribution is 2.39. The average Bonchev–Trinajstić information content (AvgIpc) is 3.12. The van der Waals surface area contributed by atoms with Crippen LogP contribution in [0.2, 0.25) is 5.02 Å². The highest BCUT2D eigenvalue weighted by molar-refractivity contribution is 9.10. The van der Waals surface area contributed by atoms with Crippen molar-refractivity contribution in [3.63, 3.8) is 0 Å². The Hall–Kier alpha value is -0.910. The van der Waals surface area contributed by atoms with Gasteiger partial charge in [0.05, 0.1) is 11.6 Å². The van der Waals surface area contributed by atoms with Gasteiger partial charge in [-0.3, -0.25) is 0 Å². The number of nitrogens with two attached hydrogens (primary N) is 1. The Morgan fingerprint density at radius 2 is 2.17 bits per heavy atom. The van der Waals surface area contributed by atoms with Crippen LogP contribution < -0.4 is 5.73 Å². The maximum absolute atomic E-state index is 6.01. The van der Waals surface area contributed by atoms with Crippen LogP contribution >= 0.6 is 27.5 Å². The van der Waals surface area contributed by atoms with E-state index in [2.05, 4.69) is 30.7 Å². The van der Waals surface area contributed by atoms with Crippen molar-refractivity contribution < 1.29 is 0 Å². The normalized spacial score (nSPS) is 15.1. The topological polar surface area (TPSA) is 56.7 Å². The van der Waals surface area contributed by atoms with E-state index < -0.39 is 0 Å². The molecular weight excluding hydrogens is 316 g/mol. The lowest BCUT2D eigenvalue weighted by Crippen LogP contribution is -2.08. The molecule has 2 aromatic rings. The van der Waals surface area contributed by atoms with Gasteiger partial charge in [-0.25, -0.2) is 0 Å². The van der Waals surface area contributed by atoms with Gasteiger partial charge >= 0.3 is 0 Å². The molecular formula is C12H12BrClN4. The van der Waals surface area contributed by atoms with E-state index in [-0.39, 0.29) is 0 Å². The molecule has 1 saturated carbocycles. The molecule has 2 N–H and O–H groups in total. The summed E-state index contributed by atoms with van der Waals surface area (Å²) >= 11 is 9.44. The van der Waals surface area contributed by atoms with E-state index in [1.165, 1.54) is 12.8 Å². The standard InChI is InChI=1S/C12H12BrClN4/c13-9-5-7(1-4-10(9)14)12-17-16-11(6-15)18(12)8-2-3-8/h1,4-5,8H,2-3,6,15H2. The smallest absolute Gasteiger partial charge is 0.164 e. The number of rotatable bonds is 3. The Kier molecular flexibility index (Phi) is 3.13. The van der Waals surface area contributed by atoms with Crippen molar-refractivity contribution in [2.24, 2.45) is 5.73 Å². The zero-order chi connectivity index (χ0) is 12.7. The molecule has 0 unspecified atom stereocenters. The van der Waals surface area contributed by atoms with Gasteiger partial charge in [0.2, 0.25) is 0 Å². The van der Waals surface area contributed by atoms with Crippen LogP contribution in [-0.2, 0) is 6.54 Å². The molecule has 1 aliphatic rings. The third-order valence-corrected chi connectivity index (χ3v) is 4.25. The minimum absolute atomic E-state index is 0.415. The summed E-state index contributed by atoms with van der Waals surface area (Å²) in [7, 11) is 0. The number of halogens is 2. The lowest BCUT2D eigenvalue weighted by molar-refractivity contribution is 0.688. The Labute approximate surface area is 118 Å². The Bertz CT molecular complexity index is 592. The second-order valence-corrected chi connectivity index (χ2v) is 5.64. The number of hydrogen-bond acceptors (Lipinski definition) is 3. The minimum atomic E-state index is 0.415. The van der Waals surface area contributed by atoms with Gasteiger partial charge in [-0.2, -0.15) is 0 Å². The zero-order valence-electron chi connectivity index (χ0n) is 9.61. The first-order chi connectivity index (χ1) is 8.70. The van der Waals surface area contributed by atoms with Crippen LogP contribution in [0.15, 0.2) is 22.7 Å². The second-order valence-electron chi connectivity index (χ2n) is 4.37. The van der Waals surface area contributed by atoms with E-state index in [9.17, 15) is 0 Å². The minimum Gasteiger partial charge on any atom is -0.324 e. The maximum atomic E-state index is 6.01. The molecule has 1 aromatic carbocycles. The van der Waals surface area contributed by atoms with Gasteiger partial charge in [0.1, 0.15) is 5.82 Å². The Balaban J connectivity index is 2.10. The van der Waals surface area contributed by atoms with Crippen LogP contribution in [-0.4, -0.2) is 14.8 Å². The van der Waals surface area contributed by atoms with Crippen LogP contribution in [0.3, 0.4) is 0 Å². The van der Waals surface area contributed by atoms with Gasteiger partial charge in [-0.15, -0.1) is 10.2 Å². The molecule has 0 spiro atoms. The summed E-state index contributed by atoms with van der Waals surface area (Å²) in [5.41, 5.74) is 6.71. The number of nitrogens with zero attached hydrogens (tertiary/aromatic N) is 3. The monoisotopic (exact) mass is 326 g/mol. The first-order valence-corrected chi connectivity index (χ1v) is 6.97. The van der Waals surface area contributed by atoms with Crippen molar-refractivity contribution in [3.05, 3.63) is 33.5 Å². The summed E-state index contributed by atoms with van der Waals surface area (Å²) < 4.78 is 3.01. The van der Waals surface area contributed by atoms with Gasteiger partial charge < -0.3 is 10.3 Å². The van der Waals surface area contributed by atoms with Crippen LogP contribution in [0, 0.1) is 0 Å². The van der Waals surface area contributed by atoms with Crippen LogP contribution in [0.25, 0.3) is 11.4 Å². The highest BCUT2D eigenvalue weighted by atomic mass is 79.9. The molecule has 1 heterocycles. The van der Waals surface area contributed by atoms with Gasteiger partial charge in [0.25, 0.3) is 0 Å². The molecule has 0 saturated heterocycles. The molecule has 1 fully saturated rings. The fourth-order valence-corrected chi connectivity index (χ4v) is 2.51. The summed E-state index contributed by atoms with van der Waals surface area (Å²) in [5.74, 6) is 1.72. The molecule has 18 heavy (non-hydrogen) atoms. The molecule has 0 aliphatic heterocycles. The maximum Gasteiger partial charge on any atom is 0.164 e. The number of benzene rings is 1. The van der Waals surface area contributed by atoms with Gasteiger partial charge in [0, 0.05) is 16.1 Å². The quantitative estimate of drug-likeness (QED) is 0.942. The molecule has 1 aliphatic carbocycles. The third-order valence-electron chi connectivity index (χ3n) is 3.04. The summed E-state index contributed by atoms with van der Waals surface area (Å²) in [5, 5.41) is 9.11. The van der Waals surface area contributed by atoms with E-state index in [4.69, 9.17) is 17.3 Å². The fourth-order valence-electron chi connectivity index (χ4n) is 2.01. The number of hydrogen-bond donors (Lipinski definition) is 1. The van der Waals surface area contributed by atoms with Gasteiger partial charge in [-0.1, -0.05) is 11.6 Å². The van der Waals surface area contributed by atoms with Crippen molar-refractivity contribution in [2.45, 2.75) is 25.4 Å². The summed E-state index contributed by atoms with van der Waals surface area (Å²) in [4.78, 5) is 0. The SMILES string of the molecule is NCc1nnc(-c2ccc(Cl)c(Br)c2)n1C1CC1. The molecule has 1 aromatic heterocycles. The van der Waals surface area contributed by atoms with Crippen molar-refractivity contribution in [1.29, 1.82) is 0 Å².